The molecule has 0 atom stereocenters. The number of hydrogen-bond acceptors (Lipinski definition) is 2. The van der Waals surface area contributed by atoms with Gasteiger partial charge in [-0.25, -0.2) is 4.68 Å². The number of hydrogen-bond donors (Lipinski definition) is 1. The van der Waals surface area contributed by atoms with Crippen LogP contribution in [0.15, 0.2) is 34.8 Å². The number of nitrogens with zero attached hydrogens (tertiary/aromatic N) is 2. The highest BCUT2D eigenvalue weighted by Crippen LogP contribution is 2.34. The molecule has 2 rings (SSSR count). The quantitative estimate of drug-likeness (QED) is 0.895. The number of amides is 1. The second kappa shape index (κ2) is 6.70. The molecule has 106 valence electrons. The molecule has 5 heteroatoms. The number of anilines is 1. The summed E-state index contributed by atoms with van der Waals surface area (Å²) in [6, 6.07) is 9.94. The van der Waals surface area contributed by atoms with Crippen LogP contribution in [0.2, 0.25) is 0 Å². The maximum absolute atomic E-state index is 11.4. The highest BCUT2D eigenvalue weighted by Gasteiger charge is 2.17. The molecule has 0 saturated heterocycles. The van der Waals surface area contributed by atoms with Gasteiger partial charge < -0.3 is 5.32 Å². The van der Waals surface area contributed by atoms with Crippen molar-refractivity contribution in [2.45, 2.75) is 33.2 Å². The van der Waals surface area contributed by atoms with Crippen molar-refractivity contribution in [1.82, 2.24) is 9.78 Å². The van der Waals surface area contributed by atoms with E-state index in [0.717, 1.165) is 40.9 Å². The summed E-state index contributed by atoms with van der Waals surface area (Å²) in [5.74, 6) is 0.632. The molecule has 0 aliphatic heterocycles. The van der Waals surface area contributed by atoms with Crippen LogP contribution in [0.3, 0.4) is 0 Å². The molecule has 1 N–H and O–H groups in total. The first kappa shape index (κ1) is 14.8. The monoisotopic (exact) mass is 335 g/mol. The summed E-state index contributed by atoms with van der Waals surface area (Å²) in [7, 11) is 0. The number of unbranched alkanes of at least 4 members (excludes halogenated alkanes) is 1. The van der Waals surface area contributed by atoms with Crippen molar-refractivity contribution >= 4 is 27.7 Å². The van der Waals surface area contributed by atoms with Crippen LogP contribution in [0.5, 0.6) is 0 Å². The standard InChI is InChI=1S/C15H18BrN3O/c1-3-4-10-19-15(17-11(2)20)13(16)14(18-19)12-8-6-5-7-9-12/h5-9H,3-4,10H2,1-2H3,(H,17,20). The first-order chi connectivity index (χ1) is 9.63. The number of halogens is 1. The minimum absolute atomic E-state index is 0.0945. The van der Waals surface area contributed by atoms with Crippen LogP contribution in [0.25, 0.3) is 11.3 Å². The lowest BCUT2D eigenvalue weighted by atomic mass is 10.1. The average Bonchev–Trinajstić information content (AvgIpc) is 2.74. The molecule has 0 fully saturated rings. The summed E-state index contributed by atoms with van der Waals surface area (Å²) >= 11 is 3.56. The van der Waals surface area contributed by atoms with Crippen LogP contribution in [-0.4, -0.2) is 15.7 Å². The Morgan fingerprint density at radius 2 is 2.05 bits per heavy atom. The Kier molecular flexibility index (Phi) is 4.95. The van der Waals surface area contributed by atoms with Crippen LogP contribution in [0.4, 0.5) is 5.82 Å². The van der Waals surface area contributed by atoms with Crippen molar-refractivity contribution in [1.29, 1.82) is 0 Å². The molecule has 1 amide bonds. The van der Waals surface area contributed by atoms with E-state index in [0.29, 0.717) is 0 Å². The zero-order valence-corrected chi connectivity index (χ0v) is 13.3. The lowest BCUT2D eigenvalue weighted by Crippen LogP contribution is -2.12. The third kappa shape index (κ3) is 3.28. The Morgan fingerprint density at radius 1 is 1.35 bits per heavy atom. The van der Waals surface area contributed by atoms with E-state index in [1.54, 1.807) is 0 Å². The predicted octanol–water partition coefficient (Wildman–Crippen LogP) is 4.07. The van der Waals surface area contributed by atoms with Crippen LogP contribution in [-0.2, 0) is 11.3 Å². The molecule has 0 unspecified atom stereocenters. The second-order valence-corrected chi connectivity index (χ2v) is 5.43. The molecule has 0 spiro atoms. The van der Waals surface area contributed by atoms with Gasteiger partial charge in [0.15, 0.2) is 0 Å². The fourth-order valence-electron chi connectivity index (χ4n) is 1.98. The van der Waals surface area contributed by atoms with Crippen molar-refractivity contribution in [3.63, 3.8) is 0 Å². The normalized spacial score (nSPS) is 10.6. The zero-order valence-electron chi connectivity index (χ0n) is 11.7. The molecule has 4 nitrogen and oxygen atoms in total. The molecule has 0 saturated carbocycles. The summed E-state index contributed by atoms with van der Waals surface area (Å²) in [6.07, 6.45) is 2.10. The SMILES string of the molecule is CCCCn1nc(-c2ccccc2)c(Br)c1NC(C)=O. The minimum Gasteiger partial charge on any atom is -0.310 e. The number of carbonyl (C=O) groups excluding carboxylic acids is 1. The summed E-state index contributed by atoms with van der Waals surface area (Å²) in [5, 5.41) is 7.48. The number of aryl methyl sites for hydroxylation is 1. The molecule has 1 aromatic carbocycles. The van der Waals surface area contributed by atoms with Crippen molar-refractivity contribution in [3.05, 3.63) is 34.8 Å². The van der Waals surface area contributed by atoms with Crippen molar-refractivity contribution in [2.24, 2.45) is 0 Å². The second-order valence-electron chi connectivity index (χ2n) is 4.64. The Morgan fingerprint density at radius 3 is 2.65 bits per heavy atom. The van der Waals surface area contributed by atoms with E-state index in [-0.39, 0.29) is 5.91 Å². The third-order valence-corrected chi connectivity index (χ3v) is 3.71. The number of benzene rings is 1. The van der Waals surface area contributed by atoms with Gasteiger partial charge in [-0.3, -0.25) is 4.79 Å². The number of rotatable bonds is 5. The van der Waals surface area contributed by atoms with Gasteiger partial charge >= 0.3 is 0 Å². The average molecular weight is 336 g/mol. The largest absolute Gasteiger partial charge is 0.310 e. The Balaban J connectivity index is 2.43. The highest BCUT2D eigenvalue weighted by atomic mass is 79.9. The van der Waals surface area contributed by atoms with Gasteiger partial charge in [0, 0.05) is 19.0 Å². The van der Waals surface area contributed by atoms with Crippen molar-refractivity contribution in [3.8, 4) is 11.3 Å². The summed E-state index contributed by atoms with van der Waals surface area (Å²) in [6.45, 7) is 4.43. The van der Waals surface area contributed by atoms with E-state index >= 15 is 0 Å². The topological polar surface area (TPSA) is 46.9 Å². The molecule has 0 aliphatic carbocycles. The van der Waals surface area contributed by atoms with E-state index in [1.165, 1.54) is 6.92 Å². The minimum atomic E-state index is -0.0945. The zero-order chi connectivity index (χ0) is 14.5. The summed E-state index contributed by atoms with van der Waals surface area (Å²) in [5.41, 5.74) is 1.88. The number of aromatic nitrogens is 2. The van der Waals surface area contributed by atoms with E-state index in [1.807, 2.05) is 35.0 Å². The molecule has 1 aromatic heterocycles. The molecule has 0 bridgehead atoms. The van der Waals surface area contributed by atoms with Gasteiger partial charge in [0.25, 0.3) is 0 Å². The van der Waals surface area contributed by atoms with Gasteiger partial charge in [-0.05, 0) is 22.4 Å². The maximum atomic E-state index is 11.4. The van der Waals surface area contributed by atoms with E-state index in [9.17, 15) is 4.79 Å². The summed E-state index contributed by atoms with van der Waals surface area (Å²) < 4.78 is 2.69. The molecular weight excluding hydrogens is 318 g/mol. The van der Waals surface area contributed by atoms with Gasteiger partial charge in [-0.1, -0.05) is 43.7 Å². The molecule has 2 aromatic rings. The Hall–Kier alpha value is -1.62. The molecule has 1 heterocycles. The van der Waals surface area contributed by atoms with Gasteiger partial charge in [0.1, 0.15) is 11.5 Å². The van der Waals surface area contributed by atoms with Gasteiger partial charge in [0.2, 0.25) is 5.91 Å². The first-order valence-electron chi connectivity index (χ1n) is 6.72. The van der Waals surface area contributed by atoms with Crippen LogP contribution in [0, 0.1) is 0 Å². The van der Waals surface area contributed by atoms with Gasteiger partial charge in [-0.2, -0.15) is 5.10 Å². The fraction of sp³-hybridized carbons (Fsp3) is 0.333. The fourth-order valence-corrected chi connectivity index (χ4v) is 2.59. The first-order valence-corrected chi connectivity index (χ1v) is 7.52. The van der Waals surface area contributed by atoms with E-state index in [2.05, 4.69) is 33.3 Å². The van der Waals surface area contributed by atoms with Crippen molar-refractivity contribution in [2.75, 3.05) is 5.32 Å². The van der Waals surface area contributed by atoms with Crippen LogP contribution >= 0.6 is 15.9 Å². The van der Waals surface area contributed by atoms with E-state index in [4.69, 9.17) is 0 Å². The molecular formula is C15H18BrN3O. The maximum Gasteiger partial charge on any atom is 0.222 e. The van der Waals surface area contributed by atoms with Crippen molar-refractivity contribution < 1.29 is 4.79 Å². The summed E-state index contributed by atoms with van der Waals surface area (Å²) in [4.78, 5) is 11.4. The lowest BCUT2D eigenvalue weighted by molar-refractivity contribution is -0.114. The Bertz CT molecular complexity index is 593. The predicted molar refractivity (Wildman–Crippen MR) is 84.6 cm³/mol. The van der Waals surface area contributed by atoms with Gasteiger partial charge in [0.05, 0.1) is 4.47 Å². The molecule has 0 radical (unpaired) electrons. The lowest BCUT2D eigenvalue weighted by Gasteiger charge is -2.06. The Labute approximate surface area is 127 Å². The highest BCUT2D eigenvalue weighted by molar-refractivity contribution is 9.10. The molecule has 0 aliphatic rings. The smallest absolute Gasteiger partial charge is 0.222 e. The van der Waals surface area contributed by atoms with Crippen LogP contribution in [0.1, 0.15) is 26.7 Å². The van der Waals surface area contributed by atoms with Gasteiger partial charge in [-0.15, -0.1) is 0 Å². The number of carbonyl (C=O) groups is 1. The van der Waals surface area contributed by atoms with E-state index < -0.39 is 0 Å². The third-order valence-electron chi connectivity index (χ3n) is 2.96. The number of nitrogens with one attached hydrogen (secondary N) is 1. The molecule has 20 heavy (non-hydrogen) atoms. The van der Waals surface area contributed by atoms with Crippen LogP contribution < -0.4 is 5.32 Å².